The number of anilines is 4. The average Bonchev–Trinajstić information content (AvgIpc) is 3.10. The summed E-state index contributed by atoms with van der Waals surface area (Å²) in [6.07, 6.45) is 13.2. The number of aliphatic hydroxyl groups excluding tert-OH is 2. The Labute approximate surface area is 305 Å². The lowest BCUT2D eigenvalue weighted by Crippen LogP contribution is -2.27. The zero-order valence-corrected chi connectivity index (χ0v) is 31.5. The van der Waals surface area contributed by atoms with Crippen LogP contribution in [0.15, 0.2) is 84.9 Å². The number of para-hydroxylation sites is 2. The molecule has 0 aliphatic rings. The molecule has 4 nitrogen and oxygen atoms in total. The Morgan fingerprint density at radius 1 is 0.449 bits per heavy atom. The van der Waals surface area contributed by atoms with E-state index in [9.17, 15) is 10.2 Å². The van der Waals surface area contributed by atoms with Crippen molar-refractivity contribution < 1.29 is 10.2 Å². The van der Waals surface area contributed by atoms with Crippen molar-refractivity contribution in [2.24, 2.45) is 0 Å². The van der Waals surface area contributed by atoms with Crippen LogP contribution in [-0.4, -0.2) is 20.6 Å². The van der Waals surface area contributed by atoms with Crippen LogP contribution in [0.25, 0.3) is 0 Å². The van der Waals surface area contributed by atoms with Crippen molar-refractivity contribution in [1.82, 2.24) is 0 Å². The van der Waals surface area contributed by atoms with Gasteiger partial charge in [-0.25, -0.2) is 0 Å². The summed E-state index contributed by atoms with van der Waals surface area (Å²) in [6.45, 7) is 8.87. The third-order valence-electron chi connectivity index (χ3n) is 9.37. The van der Waals surface area contributed by atoms with Gasteiger partial charge < -0.3 is 10.2 Å². The monoisotopic (exact) mass is 694 g/mol. The van der Waals surface area contributed by atoms with Gasteiger partial charge in [0.15, 0.2) is 0 Å². The van der Waals surface area contributed by atoms with Gasteiger partial charge in [0.05, 0.1) is 22.7 Å². The molecule has 0 aromatic heterocycles. The van der Waals surface area contributed by atoms with E-state index in [0.717, 1.165) is 111 Å². The summed E-state index contributed by atoms with van der Waals surface area (Å²) in [4.78, 5) is 3.70. The van der Waals surface area contributed by atoms with Gasteiger partial charge in [-0.2, -0.15) is 0 Å². The van der Waals surface area contributed by atoms with Crippen LogP contribution in [-0.2, 0) is 32.1 Å². The van der Waals surface area contributed by atoms with Gasteiger partial charge in [-0.1, -0.05) is 114 Å². The second-order valence-electron chi connectivity index (χ2n) is 12.9. The number of aliphatic hydroxyl groups is 2. The van der Waals surface area contributed by atoms with Gasteiger partial charge in [-0.15, -0.1) is 0 Å². The molecule has 0 aliphatic carbocycles. The molecule has 4 aromatic carbocycles. The van der Waals surface area contributed by atoms with E-state index in [1.54, 1.807) is 0 Å². The fraction of sp³-hybridized carbons (Fsp3) is 0.395. The van der Waals surface area contributed by atoms with Gasteiger partial charge in [-0.05, 0) is 133 Å². The van der Waals surface area contributed by atoms with E-state index in [2.05, 4.69) is 76.2 Å². The molecule has 2 N–H and O–H groups in total. The predicted octanol–water partition coefficient (Wildman–Crippen LogP) is 12.6. The predicted molar refractivity (Wildman–Crippen MR) is 218 cm³/mol. The molecule has 260 valence electrons. The SMILES string of the molecule is CCCCc1cccc(N(C(O)=S)c2ccccc2Cc2ccccc2N(C(O)=S)c2cccc(CCCC)c2CCCC)c1CCCC. The molecular formula is C43H54N2O2S2. The standard InChI is InChI=1S/C43H54N2O2S2/c1-5-9-19-32-23-17-29-40(36(32)25-11-7-3)44(42(46)48)38-27-15-13-21-34(38)31-35-22-14-16-28-39(35)45(43(47)49)41-30-18-24-33(20-10-6-2)37(41)26-12-8-4/h13-18,21-24,27-30H,5-12,19-20,25-26,31H2,1-4H3,(H,46,48)(H,47,49). The average molecular weight is 695 g/mol. The Bertz CT molecular complexity index is 1560. The molecule has 49 heavy (non-hydrogen) atoms. The van der Waals surface area contributed by atoms with Crippen molar-refractivity contribution in [3.05, 3.63) is 118 Å². The highest BCUT2D eigenvalue weighted by atomic mass is 32.1. The number of thiocarbonyl (C=S) groups is 2. The molecule has 0 spiro atoms. The van der Waals surface area contributed by atoms with E-state index in [-0.39, 0.29) is 10.3 Å². The largest absolute Gasteiger partial charge is 0.486 e. The first-order chi connectivity index (χ1) is 23.9. The maximum atomic E-state index is 11.2. The quantitative estimate of drug-likeness (QED) is 0.101. The smallest absolute Gasteiger partial charge is 0.266 e. The van der Waals surface area contributed by atoms with E-state index in [1.807, 2.05) is 46.2 Å². The third-order valence-corrected chi connectivity index (χ3v) is 9.73. The molecule has 0 saturated carbocycles. The number of nitrogens with zero attached hydrogens (tertiary/aromatic N) is 2. The van der Waals surface area contributed by atoms with Gasteiger partial charge in [0.2, 0.25) is 0 Å². The molecule has 0 aliphatic heterocycles. The van der Waals surface area contributed by atoms with Crippen LogP contribution in [0.4, 0.5) is 22.7 Å². The highest BCUT2D eigenvalue weighted by molar-refractivity contribution is 7.80. The molecule has 0 radical (unpaired) electrons. The lowest BCUT2D eigenvalue weighted by molar-refractivity contribution is 0.556. The molecule has 0 bridgehead atoms. The summed E-state index contributed by atoms with van der Waals surface area (Å²) >= 11 is 11.2. The zero-order valence-electron chi connectivity index (χ0n) is 29.9. The topological polar surface area (TPSA) is 46.9 Å². The Morgan fingerprint density at radius 3 is 1.14 bits per heavy atom. The molecule has 0 unspecified atom stereocenters. The molecule has 4 aromatic rings. The first kappa shape index (κ1) is 38.1. The summed E-state index contributed by atoms with van der Waals surface area (Å²) < 4.78 is 0. The first-order valence-electron chi connectivity index (χ1n) is 18.3. The van der Waals surface area contributed by atoms with E-state index in [0.29, 0.717) is 6.42 Å². The van der Waals surface area contributed by atoms with Crippen LogP contribution < -0.4 is 9.80 Å². The normalized spacial score (nSPS) is 11.0. The van der Waals surface area contributed by atoms with Crippen molar-refractivity contribution in [3.63, 3.8) is 0 Å². The highest BCUT2D eigenvalue weighted by Gasteiger charge is 2.25. The summed E-state index contributed by atoms with van der Waals surface area (Å²) in [5.41, 5.74) is 10.8. The second kappa shape index (κ2) is 19.4. The summed E-state index contributed by atoms with van der Waals surface area (Å²) in [7, 11) is 0. The minimum atomic E-state index is -0.172. The maximum Gasteiger partial charge on any atom is 0.266 e. The van der Waals surface area contributed by atoms with Crippen LogP contribution in [0, 0.1) is 0 Å². The Balaban J connectivity index is 1.83. The Kier molecular flexibility index (Phi) is 15.1. The molecule has 0 heterocycles. The van der Waals surface area contributed by atoms with Gasteiger partial charge >= 0.3 is 0 Å². The molecule has 0 fully saturated rings. The molecule has 6 heteroatoms. The molecule has 0 atom stereocenters. The summed E-state index contributed by atoms with van der Waals surface area (Å²) in [5.74, 6) is 0. The minimum Gasteiger partial charge on any atom is -0.486 e. The number of unbranched alkanes of at least 4 members (excludes halogenated alkanes) is 4. The zero-order chi connectivity index (χ0) is 35.2. The van der Waals surface area contributed by atoms with Crippen molar-refractivity contribution in [1.29, 1.82) is 0 Å². The van der Waals surface area contributed by atoms with Crippen LogP contribution in [0.5, 0.6) is 0 Å². The fourth-order valence-electron chi connectivity index (χ4n) is 6.78. The van der Waals surface area contributed by atoms with Crippen LogP contribution >= 0.6 is 24.4 Å². The highest BCUT2D eigenvalue weighted by Crippen LogP contribution is 2.39. The summed E-state index contributed by atoms with van der Waals surface area (Å²) in [5, 5.41) is 22.0. The van der Waals surface area contributed by atoms with Crippen LogP contribution in [0.2, 0.25) is 0 Å². The van der Waals surface area contributed by atoms with Crippen molar-refractivity contribution in [3.8, 4) is 0 Å². The number of hydrogen-bond donors (Lipinski definition) is 2. The third kappa shape index (κ3) is 9.70. The second-order valence-corrected chi connectivity index (χ2v) is 13.6. The first-order valence-corrected chi connectivity index (χ1v) is 19.1. The van der Waals surface area contributed by atoms with E-state index >= 15 is 0 Å². The molecular weight excluding hydrogens is 641 g/mol. The van der Waals surface area contributed by atoms with Gasteiger partial charge in [0.1, 0.15) is 0 Å². The number of aryl methyl sites for hydroxylation is 2. The van der Waals surface area contributed by atoms with Crippen molar-refractivity contribution in [2.45, 2.75) is 111 Å². The molecule has 0 amide bonds. The minimum absolute atomic E-state index is 0.172. The van der Waals surface area contributed by atoms with E-state index in [4.69, 9.17) is 24.4 Å². The van der Waals surface area contributed by atoms with E-state index in [1.165, 1.54) is 22.3 Å². The van der Waals surface area contributed by atoms with E-state index < -0.39 is 0 Å². The number of hydrogen-bond acceptors (Lipinski definition) is 2. The van der Waals surface area contributed by atoms with Gasteiger partial charge in [0.25, 0.3) is 10.3 Å². The van der Waals surface area contributed by atoms with Gasteiger partial charge in [-0.3, -0.25) is 9.80 Å². The van der Waals surface area contributed by atoms with Crippen molar-refractivity contribution in [2.75, 3.05) is 9.80 Å². The van der Waals surface area contributed by atoms with Crippen LogP contribution in [0.1, 0.15) is 112 Å². The van der Waals surface area contributed by atoms with Crippen molar-refractivity contribution >= 4 is 57.5 Å². The Morgan fingerprint density at radius 2 is 0.776 bits per heavy atom. The lowest BCUT2D eigenvalue weighted by atomic mass is 9.94. The molecule has 0 saturated heterocycles. The fourth-order valence-corrected chi connectivity index (χ4v) is 7.18. The number of rotatable bonds is 18. The number of benzene rings is 4. The van der Waals surface area contributed by atoms with Gasteiger partial charge in [0, 0.05) is 6.42 Å². The summed E-state index contributed by atoms with van der Waals surface area (Å²) in [6, 6.07) is 29.1. The maximum absolute atomic E-state index is 11.2. The Hall–Kier alpha value is -3.74. The molecule has 4 rings (SSSR count). The lowest BCUT2D eigenvalue weighted by Gasteiger charge is -2.30. The van der Waals surface area contributed by atoms with Crippen LogP contribution in [0.3, 0.4) is 0 Å².